The summed E-state index contributed by atoms with van der Waals surface area (Å²) >= 11 is 5.89. The van der Waals surface area contributed by atoms with E-state index in [2.05, 4.69) is 5.32 Å². The normalized spacial score (nSPS) is 13.5. The maximum Gasteiger partial charge on any atom is 0.307 e. The fraction of sp³-hybridized carbons (Fsp3) is 0.200. The Morgan fingerprint density at radius 3 is 2.93 bits per heavy atom. The van der Waals surface area contributed by atoms with Crippen molar-refractivity contribution in [2.24, 2.45) is 0 Å². The van der Waals surface area contributed by atoms with Gasteiger partial charge < -0.3 is 10.4 Å². The van der Waals surface area contributed by atoms with E-state index in [0.29, 0.717) is 22.7 Å². The van der Waals surface area contributed by atoms with Crippen molar-refractivity contribution in [3.05, 3.63) is 28.3 Å². The first kappa shape index (κ1) is 9.98. The summed E-state index contributed by atoms with van der Waals surface area (Å²) in [6, 6.07) is 3.27. The van der Waals surface area contributed by atoms with Crippen molar-refractivity contribution in [3.8, 4) is 0 Å². The molecule has 15 heavy (non-hydrogen) atoms. The molecule has 1 aliphatic heterocycles. The molecular formula is C10H8ClNO3. The number of hydrogen-bond donors (Lipinski definition) is 2. The van der Waals surface area contributed by atoms with Crippen molar-refractivity contribution in [1.82, 2.24) is 0 Å². The summed E-state index contributed by atoms with van der Waals surface area (Å²) in [5.41, 5.74) is 2.03. The van der Waals surface area contributed by atoms with Crippen LogP contribution < -0.4 is 5.32 Å². The first-order valence-corrected chi connectivity index (χ1v) is 4.77. The molecule has 2 rings (SSSR count). The van der Waals surface area contributed by atoms with Gasteiger partial charge in [0, 0.05) is 10.7 Å². The lowest BCUT2D eigenvalue weighted by molar-refractivity contribution is -0.136. The number of halogens is 1. The Hall–Kier alpha value is -1.55. The number of carbonyl (C=O) groups is 2. The average molecular weight is 226 g/mol. The van der Waals surface area contributed by atoms with E-state index < -0.39 is 5.97 Å². The van der Waals surface area contributed by atoms with E-state index in [1.54, 1.807) is 12.1 Å². The van der Waals surface area contributed by atoms with Crippen molar-refractivity contribution in [1.29, 1.82) is 0 Å². The third-order valence-corrected chi connectivity index (χ3v) is 2.59. The number of hydrogen-bond acceptors (Lipinski definition) is 2. The molecular weight excluding hydrogens is 218 g/mol. The van der Waals surface area contributed by atoms with Crippen LogP contribution in [-0.4, -0.2) is 17.0 Å². The monoisotopic (exact) mass is 225 g/mol. The highest BCUT2D eigenvalue weighted by Gasteiger charge is 2.20. The van der Waals surface area contributed by atoms with E-state index in [0.717, 1.165) is 5.56 Å². The Bertz CT molecular complexity index is 456. The fourth-order valence-electron chi connectivity index (χ4n) is 1.60. The van der Waals surface area contributed by atoms with Gasteiger partial charge in [0.15, 0.2) is 0 Å². The second-order valence-corrected chi connectivity index (χ2v) is 3.80. The van der Waals surface area contributed by atoms with Gasteiger partial charge in [0.25, 0.3) is 0 Å². The van der Waals surface area contributed by atoms with Gasteiger partial charge in [0.2, 0.25) is 5.91 Å². The molecule has 2 N–H and O–H groups in total. The molecule has 0 radical (unpaired) electrons. The summed E-state index contributed by atoms with van der Waals surface area (Å²) in [6.07, 6.45) is 0.166. The Labute approximate surface area is 90.9 Å². The molecule has 0 aliphatic carbocycles. The predicted molar refractivity (Wildman–Crippen MR) is 55.1 cm³/mol. The number of benzene rings is 1. The number of carboxylic acids is 1. The van der Waals surface area contributed by atoms with Crippen LogP contribution in [-0.2, 0) is 22.4 Å². The van der Waals surface area contributed by atoms with Crippen LogP contribution in [0.15, 0.2) is 12.1 Å². The van der Waals surface area contributed by atoms with E-state index in [1.807, 2.05) is 0 Å². The Kier molecular flexibility index (Phi) is 2.36. The van der Waals surface area contributed by atoms with Gasteiger partial charge in [-0.3, -0.25) is 9.59 Å². The van der Waals surface area contributed by atoms with Gasteiger partial charge in [-0.15, -0.1) is 0 Å². The molecule has 0 fully saturated rings. The molecule has 78 valence electrons. The molecule has 1 aromatic carbocycles. The van der Waals surface area contributed by atoms with Crippen molar-refractivity contribution in [2.45, 2.75) is 12.8 Å². The van der Waals surface area contributed by atoms with Gasteiger partial charge in [0.05, 0.1) is 12.8 Å². The molecule has 4 nitrogen and oxygen atoms in total. The van der Waals surface area contributed by atoms with Gasteiger partial charge in [-0.25, -0.2) is 0 Å². The zero-order valence-corrected chi connectivity index (χ0v) is 8.47. The molecule has 1 aromatic rings. The number of amides is 1. The highest BCUT2D eigenvalue weighted by Crippen LogP contribution is 2.29. The number of fused-ring (bicyclic) bond motifs is 1. The molecule has 0 spiro atoms. The maximum atomic E-state index is 11.1. The minimum absolute atomic E-state index is 0.0893. The molecule has 5 heteroatoms. The van der Waals surface area contributed by atoms with Crippen LogP contribution in [0.3, 0.4) is 0 Å². The molecule has 0 aromatic heterocycles. The molecule has 0 saturated heterocycles. The molecule has 1 heterocycles. The van der Waals surface area contributed by atoms with E-state index in [4.69, 9.17) is 16.7 Å². The minimum atomic E-state index is -0.936. The predicted octanol–water partition coefficient (Wildman–Crippen LogP) is 1.46. The van der Waals surface area contributed by atoms with E-state index in [-0.39, 0.29) is 12.3 Å². The van der Waals surface area contributed by atoms with E-state index >= 15 is 0 Å². The Morgan fingerprint density at radius 1 is 1.53 bits per heavy atom. The minimum Gasteiger partial charge on any atom is -0.481 e. The van der Waals surface area contributed by atoms with Gasteiger partial charge in [-0.05, 0) is 17.2 Å². The van der Waals surface area contributed by atoms with Crippen LogP contribution in [0.1, 0.15) is 11.1 Å². The number of carboxylic acid groups (broad SMARTS) is 1. The van der Waals surface area contributed by atoms with Gasteiger partial charge in [-0.1, -0.05) is 17.7 Å². The van der Waals surface area contributed by atoms with Gasteiger partial charge in [-0.2, -0.15) is 0 Å². The quantitative estimate of drug-likeness (QED) is 0.801. The van der Waals surface area contributed by atoms with Crippen LogP contribution in [0.5, 0.6) is 0 Å². The summed E-state index contributed by atoms with van der Waals surface area (Å²) in [6.45, 7) is 0. The van der Waals surface area contributed by atoms with Crippen molar-refractivity contribution >= 4 is 29.2 Å². The van der Waals surface area contributed by atoms with Crippen molar-refractivity contribution < 1.29 is 14.7 Å². The molecule has 0 bridgehead atoms. The maximum absolute atomic E-state index is 11.1. The number of carbonyl (C=O) groups excluding carboxylic acids is 1. The van der Waals surface area contributed by atoms with Crippen LogP contribution in [0.2, 0.25) is 5.02 Å². The first-order chi connectivity index (χ1) is 7.06. The smallest absolute Gasteiger partial charge is 0.307 e. The molecule has 1 aliphatic rings. The standard InChI is InChI=1S/C10H8ClNO3/c11-7-4-8-6(2-9(13)12-8)1-5(7)3-10(14)15/h1,4H,2-3H2,(H,12,13)(H,14,15). The highest BCUT2D eigenvalue weighted by atomic mass is 35.5. The van der Waals surface area contributed by atoms with E-state index in [9.17, 15) is 9.59 Å². The lowest BCUT2D eigenvalue weighted by Crippen LogP contribution is -2.03. The first-order valence-electron chi connectivity index (χ1n) is 4.39. The largest absolute Gasteiger partial charge is 0.481 e. The van der Waals surface area contributed by atoms with Crippen LogP contribution in [0, 0.1) is 0 Å². The Balaban J connectivity index is 2.39. The third-order valence-electron chi connectivity index (χ3n) is 2.24. The van der Waals surface area contributed by atoms with Gasteiger partial charge in [0.1, 0.15) is 0 Å². The molecule has 1 amide bonds. The van der Waals surface area contributed by atoms with Crippen LogP contribution >= 0.6 is 11.6 Å². The number of anilines is 1. The number of rotatable bonds is 2. The molecule has 0 saturated carbocycles. The van der Waals surface area contributed by atoms with Crippen LogP contribution in [0.25, 0.3) is 0 Å². The van der Waals surface area contributed by atoms with Crippen molar-refractivity contribution in [3.63, 3.8) is 0 Å². The highest BCUT2D eigenvalue weighted by molar-refractivity contribution is 6.32. The zero-order valence-electron chi connectivity index (χ0n) is 7.71. The summed E-state index contributed by atoms with van der Waals surface area (Å²) in [7, 11) is 0. The lowest BCUT2D eigenvalue weighted by atomic mass is 10.1. The zero-order chi connectivity index (χ0) is 11.0. The SMILES string of the molecule is O=C(O)Cc1cc2c(cc1Cl)NC(=O)C2. The fourth-order valence-corrected chi connectivity index (χ4v) is 1.83. The van der Waals surface area contributed by atoms with Gasteiger partial charge >= 0.3 is 5.97 Å². The number of nitrogens with one attached hydrogen (secondary N) is 1. The summed E-state index contributed by atoms with van der Waals surface area (Å²) < 4.78 is 0. The molecule has 0 atom stereocenters. The summed E-state index contributed by atoms with van der Waals surface area (Å²) in [5, 5.41) is 11.7. The van der Waals surface area contributed by atoms with Crippen molar-refractivity contribution in [2.75, 3.05) is 5.32 Å². The topological polar surface area (TPSA) is 66.4 Å². The van der Waals surface area contributed by atoms with E-state index in [1.165, 1.54) is 0 Å². The lowest BCUT2D eigenvalue weighted by Gasteiger charge is -2.04. The summed E-state index contributed by atoms with van der Waals surface area (Å²) in [4.78, 5) is 21.6. The third kappa shape index (κ3) is 1.94. The Morgan fingerprint density at radius 2 is 2.27 bits per heavy atom. The second kappa shape index (κ2) is 3.55. The number of aliphatic carboxylic acids is 1. The summed E-state index contributed by atoms with van der Waals surface area (Å²) in [5.74, 6) is -1.03. The average Bonchev–Trinajstić information content (AvgIpc) is 2.44. The second-order valence-electron chi connectivity index (χ2n) is 3.40. The molecule has 0 unspecified atom stereocenters. The van der Waals surface area contributed by atoms with Crippen LogP contribution in [0.4, 0.5) is 5.69 Å².